The number of epoxide rings is 1. The number of hydrogen-bond donors (Lipinski definition) is 3. The quantitative estimate of drug-likeness (QED) is 0.308. The lowest BCUT2D eigenvalue weighted by atomic mass is 9.83. The first-order valence-electron chi connectivity index (χ1n) is 15.3. The molecular weight excluding hydrogens is 620 g/mol. The van der Waals surface area contributed by atoms with Gasteiger partial charge in [0.25, 0.3) is 0 Å². The third-order valence-electron chi connectivity index (χ3n) is 9.00. The maximum atomic E-state index is 13.9. The maximum absolute atomic E-state index is 13.9. The molecule has 12 nitrogen and oxygen atoms in total. The van der Waals surface area contributed by atoms with Gasteiger partial charge in [0.15, 0.2) is 5.72 Å². The summed E-state index contributed by atoms with van der Waals surface area (Å²) in [6.07, 6.45) is -0.687. The van der Waals surface area contributed by atoms with Crippen LogP contribution in [0.1, 0.15) is 65.5 Å². The zero-order valence-corrected chi connectivity index (χ0v) is 28.3. The van der Waals surface area contributed by atoms with Gasteiger partial charge < -0.3 is 38.8 Å². The summed E-state index contributed by atoms with van der Waals surface area (Å²) in [7, 11) is 4.37. The van der Waals surface area contributed by atoms with Crippen molar-refractivity contribution in [1.29, 1.82) is 0 Å². The number of carbonyl (C=O) groups is 3. The average molecular weight is 665 g/mol. The molecule has 3 N–H and O–H groups in total. The van der Waals surface area contributed by atoms with Crippen molar-refractivity contribution in [1.82, 2.24) is 5.32 Å². The fourth-order valence-electron chi connectivity index (χ4n) is 6.13. The molecule has 4 bridgehead atoms. The lowest BCUT2D eigenvalue weighted by molar-refractivity contribution is -0.154. The highest BCUT2D eigenvalue weighted by molar-refractivity contribution is 6.35. The molecule has 3 heterocycles. The van der Waals surface area contributed by atoms with Crippen LogP contribution in [0, 0.1) is 11.8 Å². The van der Waals surface area contributed by atoms with Crippen LogP contribution in [-0.2, 0) is 28.5 Å². The van der Waals surface area contributed by atoms with E-state index < -0.39 is 65.7 Å². The number of nitrogens with one attached hydrogen (secondary N) is 1. The number of methoxy groups -OCH3 is 2. The monoisotopic (exact) mass is 664 g/mol. The Labute approximate surface area is 274 Å². The Morgan fingerprint density at radius 3 is 2.59 bits per heavy atom. The van der Waals surface area contributed by atoms with E-state index >= 15 is 0 Å². The summed E-state index contributed by atoms with van der Waals surface area (Å²) in [4.78, 5) is 40.8. The van der Waals surface area contributed by atoms with Crippen molar-refractivity contribution in [3.8, 4) is 5.75 Å². The Bertz CT molecular complexity index is 1400. The third kappa shape index (κ3) is 7.36. The maximum Gasteiger partial charge on any atom is 0.409 e. The van der Waals surface area contributed by atoms with Gasteiger partial charge in [0.1, 0.15) is 40.8 Å². The van der Waals surface area contributed by atoms with Gasteiger partial charge in [-0.2, -0.15) is 0 Å². The Hall–Kier alpha value is -3.16. The van der Waals surface area contributed by atoms with Gasteiger partial charge in [-0.05, 0) is 43.0 Å². The van der Waals surface area contributed by atoms with Crippen LogP contribution in [0.4, 0.5) is 10.5 Å². The number of aliphatic hydroxyl groups is 2. The van der Waals surface area contributed by atoms with Gasteiger partial charge in [0.2, 0.25) is 5.91 Å². The van der Waals surface area contributed by atoms with Crippen LogP contribution in [0.5, 0.6) is 5.75 Å². The summed E-state index contributed by atoms with van der Waals surface area (Å²) in [5.74, 6) is -1.12. The average Bonchev–Trinajstić information content (AvgIpc) is 3.68. The van der Waals surface area contributed by atoms with Crippen LogP contribution in [0.3, 0.4) is 0 Å². The number of alkyl carbamates (subject to hydrolysis) is 1. The Kier molecular flexibility index (Phi) is 10.8. The Morgan fingerprint density at radius 1 is 1.26 bits per heavy atom. The molecular formula is C33H45ClN2O10. The minimum Gasteiger partial charge on any atom is -0.495 e. The van der Waals surface area contributed by atoms with Crippen molar-refractivity contribution in [3.63, 3.8) is 0 Å². The van der Waals surface area contributed by atoms with Crippen LogP contribution in [0.15, 0.2) is 35.9 Å². The van der Waals surface area contributed by atoms with Gasteiger partial charge in [-0.1, -0.05) is 50.6 Å². The zero-order chi connectivity index (χ0) is 34.1. The van der Waals surface area contributed by atoms with E-state index in [4.69, 9.17) is 35.3 Å². The molecule has 3 aliphatic heterocycles. The van der Waals surface area contributed by atoms with Gasteiger partial charge in [0.05, 0.1) is 25.3 Å². The molecule has 13 heteroatoms. The standard InChI is InChI=1S/C33H45ClN2O10/c1-17(2)12-27(38)45-25-15-26(37)36(6)21-13-20(14-22(42-7)28(21)34)29(39)18(3)10-9-11-24(43-8)33(41)16-23(44-31(40)35-33)19(4)30-32(25,5)46-30/h9-11,13-14,17,19,23-25,29-30,39,41H,12,15-16H2,1-8H3,(H,35,40). The number of rotatable bonds is 5. The fourth-order valence-corrected chi connectivity index (χ4v) is 6.44. The van der Waals surface area contributed by atoms with Crippen LogP contribution >= 0.6 is 11.6 Å². The molecule has 1 aromatic carbocycles. The Balaban J connectivity index is 1.82. The molecule has 2 amide bonds. The highest BCUT2D eigenvalue weighted by Crippen LogP contribution is 2.49. The highest BCUT2D eigenvalue weighted by atomic mass is 35.5. The number of hydrogen-bond acceptors (Lipinski definition) is 10. The first kappa shape index (κ1) is 35.7. The molecule has 0 saturated carbocycles. The fraction of sp³-hybridized carbons (Fsp3) is 0.606. The molecule has 3 aliphatic rings. The molecule has 2 fully saturated rings. The molecule has 8 unspecified atom stereocenters. The van der Waals surface area contributed by atoms with Crippen molar-refractivity contribution in [2.24, 2.45) is 11.8 Å². The number of esters is 1. The molecule has 46 heavy (non-hydrogen) atoms. The largest absolute Gasteiger partial charge is 0.495 e. The number of allylic oxidation sites excluding steroid dienone is 2. The van der Waals surface area contributed by atoms with Gasteiger partial charge in [-0.15, -0.1) is 0 Å². The molecule has 0 aliphatic carbocycles. The minimum atomic E-state index is -1.84. The SMILES string of the molecule is COc1cc2cc(c1Cl)N(C)C(=O)CC(OC(=O)CC(C)C)C1(C)OC1C(C)C1CC(O)(NC(=O)O1)C(OC)C=CC=C(C)C2O. The molecule has 2 saturated heterocycles. The second-order valence-corrected chi connectivity index (χ2v) is 13.3. The van der Waals surface area contributed by atoms with E-state index in [1.807, 2.05) is 20.8 Å². The minimum absolute atomic E-state index is 0.0179. The topological polar surface area (TPSA) is 156 Å². The van der Waals surface area contributed by atoms with E-state index in [2.05, 4.69) is 5.32 Å². The van der Waals surface area contributed by atoms with E-state index in [9.17, 15) is 24.6 Å². The summed E-state index contributed by atoms with van der Waals surface area (Å²) in [5.41, 5.74) is -1.74. The second kappa shape index (κ2) is 13.9. The van der Waals surface area contributed by atoms with E-state index in [1.54, 1.807) is 44.2 Å². The van der Waals surface area contributed by atoms with Crippen LogP contribution < -0.4 is 15.0 Å². The van der Waals surface area contributed by atoms with Gasteiger partial charge >= 0.3 is 12.1 Å². The van der Waals surface area contributed by atoms with Crippen molar-refractivity contribution >= 4 is 35.3 Å². The summed E-state index contributed by atoms with van der Waals surface area (Å²) in [5, 5.41) is 25.5. The Morgan fingerprint density at radius 2 is 1.96 bits per heavy atom. The van der Waals surface area contributed by atoms with E-state index in [0.29, 0.717) is 11.1 Å². The van der Waals surface area contributed by atoms with Crippen molar-refractivity contribution in [2.45, 2.75) is 95.7 Å². The number of benzene rings is 1. The lowest BCUT2D eigenvalue weighted by Crippen LogP contribution is -2.63. The van der Waals surface area contributed by atoms with Gasteiger partial charge in [0, 0.05) is 32.9 Å². The van der Waals surface area contributed by atoms with Crippen molar-refractivity contribution < 1.29 is 48.3 Å². The van der Waals surface area contributed by atoms with Crippen LogP contribution in [0.2, 0.25) is 5.02 Å². The predicted molar refractivity (Wildman–Crippen MR) is 169 cm³/mol. The van der Waals surface area contributed by atoms with Gasteiger partial charge in [-0.3, -0.25) is 14.9 Å². The van der Waals surface area contributed by atoms with Crippen molar-refractivity contribution in [2.75, 3.05) is 26.2 Å². The number of halogens is 1. The number of ether oxygens (including phenoxy) is 5. The summed E-state index contributed by atoms with van der Waals surface area (Å²) in [6.45, 7) is 9.03. The third-order valence-corrected chi connectivity index (χ3v) is 9.38. The summed E-state index contributed by atoms with van der Waals surface area (Å²) in [6, 6.07) is 3.18. The molecule has 1 aromatic rings. The summed E-state index contributed by atoms with van der Waals surface area (Å²) < 4.78 is 28.7. The van der Waals surface area contributed by atoms with Crippen molar-refractivity contribution in [3.05, 3.63) is 46.5 Å². The van der Waals surface area contributed by atoms with Crippen LogP contribution in [-0.4, -0.2) is 85.2 Å². The first-order chi connectivity index (χ1) is 21.5. The first-order valence-corrected chi connectivity index (χ1v) is 15.7. The highest BCUT2D eigenvalue weighted by Gasteiger charge is 2.64. The van der Waals surface area contributed by atoms with Crippen LogP contribution in [0.25, 0.3) is 0 Å². The number of nitrogens with zero attached hydrogens (tertiary/aromatic N) is 1. The van der Waals surface area contributed by atoms with Gasteiger partial charge in [-0.25, -0.2) is 4.79 Å². The molecule has 0 spiro atoms. The smallest absolute Gasteiger partial charge is 0.409 e. The molecule has 8 atom stereocenters. The number of anilines is 1. The van der Waals surface area contributed by atoms with E-state index in [1.165, 1.54) is 26.2 Å². The molecule has 4 rings (SSSR count). The predicted octanol–water partition coefficient (Wildman–Crippen LogP) is 4.20. The van der Waals surface area contributed by atoms with E-state index in [-0.39, 0.29) is 41.6 Å². The molecule has 0 aromatic heterocycles. The summed E-state index contributed by atoms with van der Waals surface area (Å²) >= 11 is 6.66. The van der Waals surface area contributed by atoms with E-state index in [0.717, 1.165) is 0 Å². The zero-order valence-electron chi connectivity index (χ0n) is 27.5. The molecule has 254 valence electrons. The number of amides is 2. The number of fused-ring (bicyclic) bond motifs is 5. The number of carbonyl (C=O) groups excluding carboxylic acids is 3. The second-order valence-electron chi connectivity index (χ2n) is 12.9. The number of aliphatic hydroxyl groups excluding tert-OH is 1. The lowest BCUT2D eigenvalue weighted by Gasteiger charge is -2.42. The normalized spacial score (nSPS) is 33.5. The molecule has 0 radical (unpaired) electrons.